The molecule has 1 unspecified atom stereocenters. The van der Waals surface area contributed by atoms with Crippen molar-refractivity contribution in [3.05, 3.63) is 0 Å². The third-order valence-electron chi connectivity index (χ3n) is 3.30. The minimum absolute atomic E-state index is 0.308. The summed E-state index contributed by atoms with van der Waals surface area (Å²) in [6.45, 7) is 4.77. The fraction of sp³-hybridized carbons (Fsp3) is 1.00. The van der Waals surface area contributed by atoms with Crippen molar-refractivity contribution in [1.29, 1.82) is 0 Å². The Morgan fingerprint density at radius 2 is 1.86 bits per heavy atom. The smallest absolute Gasteiger partial charge is 0.0445 e. The van der Waals surface area contributed by atoms with Gasteiger partial charge in [-0.05, 0) is 25.2 Å². The van der Waals surface area contributed by atoms with Gasteiger partial charge in [-0.1, -0.05) is 33.1 Å². The SMILES string of the molecule is CC(C)C(CCO)NC1CCCCC1. The van der Waals surface area contributed by atoms with Crippen LogP contribution in [0.4, 0.5) is 0 Å². The monoisotopic (exact) mass is 199 g/mol. The highest BCUT2D eigenvalue weighted by Gasteiger charge is 2.19. The second-order valence-electron chi connectivity index (χ2n) is 4.86. The zero-order chi connectivity index (χ0) is 10.4. The Balaban J connectivity index is 2.29. The molecular weight excluding hydrogens is 174 g/mol. The first-order valence-electron chi connectivity index (χ1n) is 6.11. The normalized spacial score (nSPS) is 21.4. The van der Waals surface area contributed by atoms with Gasteiger partial charge < -0.3 is 10.4 Å². The van der Waals surface area contributed by atoms with Crippen LogP contribution in [0.2, 0.25) is 0 Å². The lowest BCUT2D eigenvalue weighted by atomic mass is 9.92. The molecule has 14 heavy (non-hydrogen) atoms. The van der Waals surface area contributed by atoms with E-state index >= 15 is 0 Å². The van der Waals surface area contributed by atoms with Gasteiger partial charge in [-0.2, -0.15) is 0 Å². The Morgan fingerprint density at radius 1 is 1.21 bits per heavy atom. The van der Waals surface area contributed by atoms with E-state index < -0.39 is 0 Å². The molecule has 0 saturated heterocycles. The third kappa shape index (κ3) is 3.97. The molecule has 1 aliphatic carbocycles. The number of nitrogens with one attached hydrogen (secondary N) is 1. The van der Waals surface area contributed by atoms with Gasteiger partial charge in [0.2, 0.25) is 0 Å². The van der Waals surface area contributed by atoms with Crippen molar-refractivity contribution < 1.29 is 5.11 Å². The molecule has 1 fully saturated rings. The number of hydrogen-bond acceptors (Lipinski definition) is 2. The summed E-state index contributed by atoms with van der Waals surface area (Å²) in [6, 6.07) is 1.21. The average molecular weight is 199 g/mol. The summed E-state index contributed by atoms with van der Waals surface area (Å²) >= 11 is 0. The first-order valence-corrected chi connectivity index (χ1v) is 6.11. The molecule has 0 aromatic rings. The molecule has 0 spiro atoms. The first kappa shape index (κ1) is 12.0. The van der Waals surface area contributed by atoms with Crippen molar-refractivity contribution in [1.82, 2.24) is 5.32 Å². The molecule has 2 N–H and O–H groups in total. The van der Waals surface area contributed by atoms with Crippen LogP contribution in [-0.4, -0.2) is 23.8 Å². The number of aliphatic hydroxyl groups excluding tert-OH is 1. The molecule has 0 bridgehead atoms. The van der Waals surface area contributed by atoms with Gasteiger partial charge in [-0.25, -0.2) is 0 Å². The van der Waals surface area contributed by atoms with Crippen LogP contribution < -0.4 is 5.32 Å². The van der Waals surface area contributed by atoms with Crippen LogP contribution in [0.3, 0.4) is 0 Å². The molecule has 84 valence electrons. The Bertz CT molecular complexity index is 141. The first-order chi connectivity index (χ1) is 6.74. The minimum Gasteiger partial charge on any atom is -0.396 e. The molecule has 1 rings (SSSR count). The minimum atomic E-state index is 0.308. The zero-order valence-electron chi connectivity index (χ0n) is 9.63. The van der Waals surface area contributed by atoms with Crippen LogP contribution in [-0.2, 0) is 0 Å². The Labute approximate surface area is 88.1 Å². The molecule has 1 atom stereocenters. The van der Waals surface area contributed by atoms with Crippen molar-refractivity contribution >= 4 is 0 Å². The molecule has 2 heteroatoms. The summed E-state index contributed by atoms with van der Waals surface area (Å²) in [6.07, 6.45) is 7.71. The summed E-state index contributed by atoms with van der Waals surface area (Å²) < 4.78 is 0. The Kier molecular flexibility index (Phi) is 5.49. The third-order valence-corrected chi connectivity index (χ3v) is 3.30. The molecule has 2 nitrogen and oxygen atoms in total. The van der Waals surface area contributed by atoms with Gasteiger partial charge >= 0.3 is 0 Å². The summed E-state index contributed by atoms with van der Waals surface area (Å²) in [5.41, 5.74) is 0. The van der Waals surface area contributed by atoms with Gasteiger partial charge in [0.25, 0.3) is 0 Å². The maximum absolute atomic E-state index is 8.98. The highest BCUT2D eigenvalue weighted by molar-refractivity contribution is 4.78. The van der Waals surface area contributed by atoms with Crippen molar-refractivity contribution in [2.24, 2.45) is 5.92 Å². The molecule has 0 heterocycles. The maximum atomic E-state index is 8.98. The van der Waals surface area contributed by atoms with Crippen LogP contribution in [0.25, 0.3) is 0 Å². The summed E-state index contributed by atoms with van der Waals surface area (Å²) in [5.74, 6) is 0.629. The second-order valence-corrected chi connectivity index (χ2v) is 4.86. The summed E-state index contributed by atoms with van der Waals surface area (Å²) in [4.78, 5) is 0. The number of aliphatic hydroxyl groups is 1. The lowest BCUT2D eigenvalue weighted by Gasteiger charge is -2.30. The van der Waals surface area contributed by atoms with Gasteiger partial charge in [0, 0.05) is 18.7 Å². The van der Waals surface area contributed by atoms with E-state index in [1.165, 1.54) is 32.1 Å². The Morgan fingerprint density at radius 3 is 2.36 bits per heavy atom. The van der Waals surface area contributed by atoms with Crippen LogP contribution in [0.5, 0.6) is 0 Å². The predicted octanol–water partition coefficient (Wildman–Crippen LogP) is 2.32. The van der Waals surface area contributed by atoms with Crippen molar-refractivity contribution in [2.45, 2.75) is 64.5 Å². The van der Waals surface area contributed by atoms with Gasteiger partial charge in [-0.15, -0.1) is 0 Å². The molecule has 0 aromatic carbocycles. The van der Waals surface area contributed by atoms with E-state index in [0.29, 0.717) is 24.6 Å². The van der Waals surface area contributed by atoms with Crippen molar-refractivity contribution in [3.8, 4) is 0 Å². The molecule has 1 aliphatic rings. The largest absolute Gasteiger partial charge is 0.396 e. The highest BCUT2D eigenvalue weighted by Crippen LogP contribution is 2.19. The van der Waals surface area contributed by atoms with Crippen LogP contribution in [0.15, 0.2) is 0 Å². The lowest BCUT2D eigenvalue weighted by Crippen LogP contribution is -2.42. The molecule has 0 aliphatic heterocycles. The number of rotatable bonds is 5. The highest BCUT2D eigenvalue weighted by atomic mass is 16.3. The van der Waals surface area contributed by atoms with E-state index in [0.717, 1.165) is 6.42 Å². The molecule has 1 saturated carbocycles. The van der Waals surface area contributed by atoms with Crippen LogP contribution in [0.1, 0.15) is 52.4 Å². The fourth-order valence-corrected chi connectivity index (χ4v) is 2.32. The molecule has 0 radical (unpaired) electrons. The van der Waals surface area contributed by atoms with E-state index in [9.17, 15) is 0 Å². The Hall–Kier alpha value is -0.0800. The summed E-state index contributed by atoms with van der Waals surface area (Å²) in [5, 5.41) is 12.7. The van der Waals surface area contributed by atoms with Gasteiger partial charge in [-0.3, -0.25) is 0 Å². The van der Waals surface area contributed by atoms with E-state index in [-0.39, 0.29) is 0 Å². The maximum Gasteiger partial charge on any atom is 0.0445 e. The standard InChI is InChI=1S/C12H25NO/c1-10(2)12(8-9-14)13-11-6-4-3-5-7-11/h10-14H,3-9H2,1-2H3. The van der Waals surface area contributed by atoms with Crippen molar-refractivity contribution in [3.63, 3.8) is 0 Å². The predicted molar refractivity (Wildman–Crippen MR) is 60.3 cm³/mol. The van der Waals surface area contributed by atoms with Crippen LogP contribution >= 0.6 is 0 Å². The van der Waals surface area contributed by atoms with E-state index in [1.54, 1.807) is 0 Å². The quantitative estimate of drug-likeness (QED) is 0.712. The fourth-order valence-electron chi connectivity index (χ4n) is 2.32. The van der Waals surface area contributed by atoms with Gasteiger partial charge in [0.05, 0.1) is 0 Å². The second kappa shape index (κ2) is 6.41. The van der Waals surface area contributed by atoms with E-state index in [2.05, 4.69) is 19.2 Å². The average Bonchev–Trinajstić information content (AvgIpc) is 2.18. The number of hydrogen-bond donors (Lipinski definition) is 2. The summed E-state index contributed by atoms with van der Waals surface area (Å²) in [7, 11) is 0. The molecular formula is C12H25NO. The lowest BCUT2D eigenvalue weighted by molar-refractivity contribution is 0.223. The molecule has 0 aromatic heterocycles. The topological polar surface area (TPSA) is 32.3 Å². The molecule has 0 amide bonds. The van der Waals surface area contributed by atoms with Crippen molar-refractivity contribution in [2.75, 3.05) is 6.61 Å². The van der Waals surface area contributed by atoms with E-state index in [4.69, 9.17) is 5.11 Å². The van der Waals surface area contributed by atoms with Gasteiger partial charge in [0.1, 0.15) is 0 Å². The zero-order valence-corrected chi connectivity index (χ0v) is 9.63. The van der Waals surface area contributed by atoms with Crippen LogP contribution in [0, 0.1) is 5.92 Å². The van der Waals surface area contributed by atoms with E-state index in [1.807, 2.05) is 0 Å². The van der Waals surface area contributed by atoms with Gasteiger partial charge in [0.15, 0.2) is 0 Å².